The van der Waals surface area contributed by atoms with Gasteiger partial charge >= 0.3 is 0 Å². The molecule has 1 aliphatic carbocycles. The second-order valence-electron chi connectivity index (χ2n) is 5.95. The van der Waals surface area contributed by atoms with Crippen molar-refractivity contribution in [3.63, 3.8) is 0 Å². The molecule has 3 unspecified atom stereocenters. The van der Waals surface area contributed by atoms with Crippen LogP contribution in [0.15, 0.2) is 18.2 Å². The minimum Gasteiger partial charge on any atom is -0.307 e. The molecule has 100 valence electrons. The Balaban J connectivity index is 2.07. The van der Waals surface area contributed by atoms with Gasteiger partial charge in [0.2, 0.25) is 0 Å². The van der Waals surface area contributed by atoms with Crippen LogP contribution in [-0.4, -0.2) is 6.04 Å². The molecule has 1 fully saturated rings. The van der Waals surface area contributed by atoms with Crippen LogP contribution in [-0.2, 0) is 0 Å². The molecule has 0 aromatic heterocycles. The van der Waals surface area contributed by atoms with E-state index in [1.54, 1.807) is 0 Å². The molecule has 0 radical (unpaired) electrons. The van der Waals surface area contributed by atoms with E-state index in [0.29, 0.717) is 6.04 Å². The SMILES string of the molecule is CCC1CCCC1NC(C)c1cc(C)ccc1C. The third-order valence-corrected chi connectivity index (χ3v) is 4.55. The first-order chi connectivity index (χ1) is 8.61. The molecule has 2 rings (SSSR count). The van der Waals surface area contributed by atoms with Gasteiger partial charge in [-0.1, -0.05) is 43.5 Å². The highest BCUT2D eigenvalue weighted by Gasteiger charge is 2.27. The fourth-order valence-corrected chi connectivity index (χ4v) is 3.38. The van der Waals surface area contributed by atoms with E-state index in [-0.39, 0.29) is 0 Å². The van der Waals surface area contributed by atoms with Gasteiger partial charge in [-0.25, -0.2) is 0 Å². The van der Waals surface area contributed by atoms with Crippen molar-refractivity contribution in [1.82, 2.24) is 5.32 Å². The summed E-state index contributed by atoms with van der Waals surface area (Å²) in [5, 5.41) is 3.86. The van der Waals surface area contributed by atoms with Gasteiger partial charge in [0.05, 0.1) is 0 Å². The van der Waals surface area contributed by atoms with Crippen LogP contribution in [0.1, 0.15) is 62.3 Å². The standard InChI is InChI=1S/C17H27N/c1-5-15-7-6-8-17(15)18-14(4)16-11-12(2)9-10-13(16)3/h9-11,14-15,17-18H,5-8H2,1-4H3. The smallest absolute Gasteiger partial charge is 0.0297 e. The van der Waals surface area contributed by atoms with Crippen molar-refractivity contribution >= 4 is 0 Å². The van der Waals surface area contributed by atoms with E-state index in [4.69, 9.17) is 0 Å². The van der Waals surface area contributed by atoms with E-state index in [2.05, 4.69) is 51.2 Å². The molecule has 0 saturated heterocycles. The Morgan fingerprint density at radius 2 is 2.06 bits per heavy atom. The molecule has 0 bridgehead atoms. The van der Waals surface area contributed by atoms with E-state index >= 15 is 0 Å². The topological polar surface area (TPSA) is 12.0 Å². The Hall–Kier alpha value is -0.820. The zero-order valence-electron chi connectivity index (χ0n) is 12.3. The summed E-state index contributed by atoms with van der Waals surface area (Å²) >= 11 is 0. The summed E-state index contributed by atoms with van der Waals surface area (Å²) in [7, 11) is 0. The largest absolute Gasteiger partial charge is 0.307 e. The predicted octanol–water partition coefficient (Wildman–Crippen LogP) is 4.53. The van der Waals surface area contributed by atoms with Gasteiger partial charge in [0.15, 0.2) is 0 Å². The molecule has 0 heterocycles. The highest BCUT2D eigenvalue weighted by Crippen LogP contribution is 2.30. The third-order valence-electron chi connectivity index (χ3n) is 4.55. The van der Waals surface area contributed by atoms with Gasteiger partial charge in [-0.15, -0.1) is 0 Å². The Morgan fingerprint density at radius 1 is 1.28 bits per heavy atom. The first-order valence-electron chi connectivity index (χ1n) is 7.45. The first kappa shape index (κ1) is 13.6. The molecular weight excluding hydrogens is 218 g/mol. The van der Waals surface area contributed by atoms with Crippen LogP contribution in [0.25, 0.3) is 0 Å². The summed E-state index contributed by atoms with van der Waals surface area (Å²) < 4.78 is 0. The molecule has 1 N–H and O–H groups in total. The number of hydrogen-bond donors (Lipinski definition) is 1. The van der Waals surface area contributed by atoms with Crippen LogP contribution >= 0.6 is 0 Å². The zero-order chi connectivity index (χ0) is 13.1. The van der Waals surface area contributed by atoms with Crippen molar-refractivity contribution in [2.24, 2.45) is 5.92 Å². The molecule has 1 aliphatic rings. The van der Waals surface area contributed by atoms with Gasteiger partial charge in [0.25, 0.3) is 0 Å². The number of aryl methyl sites for hydroxylation is 2. The molecule has 3 atom stereocenters. The summed E-state index contributed by atoms with van der Waals surface area (Å²) in [5.74, 6) is 0.887. The fraction of sp³-hybridized carbons (Fsp3) is 0.647. The van der Waals surface area contributed by atoms with Crippen LogP contribution < -0.4 is 5.32 Å². The van der Waals surface area contributed by atoms with E-state index in [0.717, 1.165) is 12.0 Å². The molecular formula is C17H27N. The summed E-state index contributed by atoms with van der Waals surface area (Å²) in [6.07, 6.45) is 5.48. The molecule has 0 amide bonds. The highest BCUT2D eigenvalue weighted by atomic mass is 15.0. The highest BCUT2D eigenvalue weighted by molar-refractivity contribution is 5.32. The molecule has 1 heteroatoms. The summed E-state index contributed by atoms with van der Waals surface area (Å²) in [4.78, 5) is 0. The van der Waals surface area contributed by atoms with Gasteiger partial charge < -0.3 is 5.32 Å². The van der Waals surface area contributed by atoms with Crippen molar-refractivity contribution < 1.29 is 0 Å². The van der Waals surface area contributed by atoms with E-state index in [1.165, 1.54) is 42.4 Å². The van der Waals surface area contributed by atoms with Gasteiger partial charge in [0, 0.05) is 12.1 Å². The second kappa shape index (κ2) is 5.88. The van der Waals surface area contributed by atoms with Crippen molar-refractivity contribution in [1.29, 1.82) is 0 Å². The fourth-order valence-electron chi connectivity index (χ4n) is 3.38. The monoisotopic (exact) mass is 245 g/mol. The Labute approximate surface area is 112 Å². The van der Waals surface area contributed by atoms with E-state index < -0.39 is 0 Å². The van der Waals surface area contributed by atoms with E-state index in [9.17, 15) is 0 Å². The van der Waals surface area contributed by atoms with Crippen LogP contribution in [0.5, 0.6) is 0 Å². The van der Waals surface area contributed by atoms with Gasteiger partial charge in [-0.2, -0.15) is 0 Å². The van der Waals surface area contributed by atoms with Crippen LogP contribution in [0.4, 0.5) is 0 Å². The maximum Gasteiger partial charge on any atom is 0.0297 e. The lowest BCUT2D eigenvalue weighted by atomic mass is 9.96. The summed E-state index contributed by atoms with van der Waals surface area (Å²) in [6, 6.07) is 7.99. The lowest BCUT2D eigenvalue weighted by Crippen LogP contribution is -2.34. The van der Waals surface area contributed by atoms with Crippen molar-refractivity contribution in [2.45, 2.75) is 65.5 Å². The molecule has 0 aliphatic heterocycles. The van der Waals surface area contributed by atoms with Gasteiger partial charge in [0.1, 0.15) is 0 Å². The average Bonchev–Trinajstić information content (AvgIpc) is 2.79. The van der Waals surface area contributed by atoms with Crippen molar-refractivity contribution in [3.05, 3.63) is 34.9 Å². The molecule has 18 heavy (non-hydrogen) atoms. The van der Waals surface area contributed by atoms with Crippen LogP contribution in [0, 0.1) is 19.8 Å². The first-order valence-corrected chi connectivity index (χ1v) is 7.45. The lowest BCUT2D eigenvalue weighted by Gasteiger charge is -2.25. The lowest BCUT2D eigenvalue weighted by molar-refractivity contribution is 0.360. The number of nitrogens with one attached hydrogen (secondary N) is 1. The molecule has 1 aromatic rings. The van der Waals surface area contributed by atoms with E-state index in [1.807, 2.05) is 0 Å². The third kappa shape index (κ3) is 2.95. The molecule has 0 spiro atoms. The Morgan fingerprint density at radius 3 is 2.78 bits per heavy atom. The van der Waals surface area contributed by atoms with Gasteiger partial charge in [-0.05, 0) is 50.7 Å². The minimum absolute atomic E-state index is 0.474. The van der Waals surface area contributed by atoms with Crippen molar-refractivity contribution in [2.75, 3.05) is 0 Å². The number of benzene rings is 1. The average molecular weight is 245 g/mol. The zero-order valence-corrected chi connectivity index (χ0v) is 12.3. The normalized spacial score (nSPS) is 25.3. The quantitative estimate of drug-likeness (QED) is 0.821. The summed E-state index contributed by atoms with van der Waals surface area (Å²) in [6.45, 7) is 9.04. The maximum absolute atomic E-state index is 3.86. The molecule has 1 nitrogen and oxygen atoms in total. The maximum atomic E-state index is 3.86. The minimum atomic E-state index is 0.474. The van der Waals surface area contributed by atoms with Crippen LogP contribution in [0.3, 0.4) is 0 Å². The Bertz CT molecular complexity index is 397. The van der Waals surface area contributed by atoms with Crippen LogP contribution in [0.2, 0.25) is 0 Å². The number of rotatable bonds is 4. The predicted molar refractivity (Wildman–Crippen MR) is 78.9 cm³/mol. The van der Waals surface area contributed by atoms with Crippen molar-refractivity contribution in [3.8, 4) is 0 Å². The Kier molecular flexibility index (Phi) is 4.45. The number of hydrogen-bond acceptors (Lipinski definition) is 1. The molecule has 1 aromatic carbocycles. The second-order valence-corrected chi connectivity index (χ2v) is 5.95. The van der Waals surface area contributed by atoms with Gasteiger partial charge in [-0.3, -0.25) is 0 Å². The molecule has 1 saturated carbocycles. The summed E-state index contributed by atoms with van der Waals surface area (Å²) in [5.41, 5.74) is 4.24.